The van der Waals surface area contributed by atoms with E-state index < -0.39 is 6.29 Å². The molecule has 4 N–H and O–H groups in total. The van der Waals surface area contributed by atoms with Gasteiger partial charge in [0.2, 0.25) is 0 Å². The normalized spacial score (nSPS) is 10.9. The Morgan fingerprint density at radius 2 is 1.55 bits per heavy atom. The largest absolute Gasteiger partial charge is 0.507 e. The molecule has 0 aromatic heterocycles. The highest BCUT2D eigenvalue weighted by atomic mass is 16.5. The van der Waals surface area contributed by atoms with E-state index in [-0.39, 0.29) is 11.7 Å². The molecule has 0 radical (unpaired) electrons. The van der Waals surface area contributed by atoms with E-state index in [2.05, 4.69) is 5.32 Å². The summed E-state index contributed by atoms with van der Waals surface area (Å²) in [5.74, 6) is -0.228. The minimum Gasteiger partial charge on any atom is -0.507 e. The fourth-order valence-corrected chi connectivity index (χ4v) is 2.30. The predicted molar refractivity (Wildman–Crippen MR) is 85.6 cm³/mol. The first kappa shape index (κ1) is 18.5. The average molecular weight is 309 g/mol. The maximum absolute atomic E-state index is 11.8. The third-order valence-electron chi connectivity index (χ3n) is 3.57. The topological polar surface area (TPSA) is 89.8 Å². The molecule has 0 spiro atoms. The molecule has 1 rings (SSSR count). The first-order valence-corrected chi connectivity index (χ1v) is 8.03. The molecule has 22 heavy (non-hydrogen) atoms. The lowest BCUT2D eigenvalue weighted by Gasteiger charge is -2.07. The number of unbranched alkanes of at least 4 members (excludes halogenated alkanes) is 6. The van der Waals surface area contributed by atoms with Gasteiger partial charge in [0.1, 0.15) is 5.75 Å². The number of para-hydroxylation sites is 1. The zero-order chi connectivity index (χ0) is 16.2. The van der Waals surface area contributed by atoms with Crippen molar-refractivity contribution in [1.82, 2.24) is 5.32 Å². The van der Waals surface area contributed by atoms with Gasteiger partial charge in [0.15, 0.2) is 6.29 Å². The van der Waals surface area contributed by atoms with Crippen molar-refractivity contribution >= 4 is 5.91 Å². The van der Waals surface area contributed by atoms with Crippen LogP contribution in [0, 0.1) is 0 Å². The maximum Gasteiger partial charge on any atom is 0.255 e. The molecule has 1 aromatic rings. The quantitative estimate of drug-likeness (QED) is 0.373. The Bertz CT molecular complexity index is 434. The molecule has 5 heteroatoms. The van der Waals surface area contributed by atoms with E-state index in [9.17, 15) is 9.90 Å². The Kier molecular flexibility index (Phi) is 9.26. The molecule has 0 unspecified atom stereocenters. The third-order valence-corrected chi connectivity index (χ3v) is 3.57. The third kappa shape index (κ3) is 8.00. The van der Waals surface area contributed by atoms with Gasteiger partial charge in [-0.25, -0.2) is 0 Å². The van der Waals surface area contributed by atoms with E-state index in [0.29, 0.717) is 18.5 Å². The standard InChI is InChI=1S/C17H27NO4/c19-15-11-8-7-10-14(15)17(22)18-13-9-5-3-1-2-4-6-12-16(20)21/h7-8,10-11,16,19-21H,1-6,9,12-13H2,(H,18,22). The van der Waals surface area contributed by atoms with Gasteiger partial charge in [-0.2, -0.15) is 0 Å². The molecule has 0 bridgehead atoms. The summed E-state index contributed by atoms with van der Waals surface area (Å²) < 4.78 is 0. The van der Waals surface area contributed by atoms with Crippen LogP contribution in [0.4, 0.5) is 0 Å². The van der Waals surface area contributed by atoms with Gasteiger partial charge < -0.3 is 20.6 Å². The first-order chi connectivity index (χ1) is 10.6. The van der Waals surface area contributed by atoms with Crippen LogP contribution in [-0.4, -0.2) is 34.1 Å². The number of carbonyl (C=O) groups excluding carboxylic acids is 1. The second-order valence-corrected chi connectivity index (χ2v) is 5.52. The second kappa shape index (κ2) is 11.0. The molecule has 0 heterocycles. The highest BCUT2D eigenvalue weighted by Gasteiger charge is 2.08. The highest BCUT2D eigenvalue weighted by Crippen LogP contribution is 2.15. The first-order valence-electron chi connectivity index (χ1n) is 8.03. The summed E-state index contributed by atoms with van der Waals surface area (Å²) in [7, 11) is 0. The SMILES string of the molecule is O=C(NCCCCCCCCCC(O)O)c1ccccc1O. The number of phenolic OH excluding ortho intramolecular Hbond substituents is 1. The highest BCUT2D eigenvalue weighted by molar-refractivity contribution is 5.96. The van der Waals surface area contributed by atoms with Crippen molar-refractivity contribution < 1.29 is 20.1 Å². The van der Waals surface area contributed by atoms with Gasteiger partial charge in [-0.05, 0) is 31.4 Å². The Balaban J connectivity index is 1.98. The van der Waals surface area contributed by atoms with Gasteiger partial charge >= 0.3 is 0 Å². The molecule has 124 valence electrons. The maximum atomic E-state index is 11.8. The molecule has 0 saturated heterocycles. The minimum atomic E-state index is -1.17. The summed E-state index contributed by atoms with van der Waals surface area (Å²) in [5.41, 5.74) is 0.313. The van der Waals surface area contributed by atoms with Gasteiger partial charge in [0.25, 0.3) is 5.91 Å². The van der Waals surface area contributed by atoms with Gasteiger partial charge in [0.05, 0.1) is 5.56 Å². The molecule has 1 amide bonds. The number of aliphatic hydroxyl groups is 2. The zero-order valence-corrected chi connectivity index (χ0v) is 13.0. The lowest BCUT2D eigenvalue weighted by atomic mass is 10.1. The van der Waals surface area contributed by atoms with Crippen LogP contribution in [0.5, 0.6) is 5.75 Å². The van der Waals surface area contributed by atoms with Crippen LogP contribution < -0.4 is 5.32 Å². The minimum absolute atomic E-state index is 0.00741. The number of nitrogens with one attached hydrogen (secondary N) is 1. The molecule has 0 atom stereocenters. The monoisotopic (exact) mass is 309 g/mol. The van der Waals surface area contributed by atoms with Gasteiger partial charge in [0, 0.05) is 6.54 Å². The van der Waals surface area contributed by atoms with Crippen LogP contribution in [0.25, 0.3) is 0 Å². The summed E-state index contributed by atoms with van der Waals surface area (Å²) in [6.07, 6.45) is 6.51. The molecule has 0 aliphatic carbocycles. The van der Waals surface area contributed by atoms with E-state index in [1.54, 1.807) is 18.2 Å². The number of hydrogen-bond acceptors (Lipinski definition) is 4. The summed E-state index contributed by atoms with van der Waals surface area (Å²) in [6, 6.07) is 6.52. The van der Waals surface area contributed by atoms with Gasteiger partial charge in [-0.1, -0.05) is 44.2 Å². The number of hydrogen-bond donors (Lipinski definition) is 4. The van der Waals surface area contributed by atoms with Crippen molar-refractivity contribution in [3.05, 3.63) is 29.8 Å². The number of phenols is 1. The summed E-state index contributed by atoms with van der Waals surface area (Å²) in [4.78, 5) is 11.8. The number of rotatable bonds is 11. The van der Waals surface area contributed by atoms with Gasteiger partial charge in [-0.3, -0.25) is 4.79 Å². The van der Waals surface area contributed by atoms with Crippen molar-refractivity contribution in [3.8, 4) is 5.75 Å². The Labute approximate surface area is 132 Å². The molecule has 1 aromatic carbocycles. The van der Waals surface area contributed by atoms with E-state index in [4.69, 9.17) is 10.2 Å². The van der Waals surface area contributed by atoms with Crippen LogP contribution in [0.15, 0.2) is 24.3 Å². The zero-order valence-electron chi connectivity index (χ0n) is 13.0. The van der Waals surface area contributed by atoms with Crippen molar-refractivity contribution in [2.75, 3.05) is 6.54 Å². The number of aromatic hydroxyl groups is 1. The van der Waals surface area contributed by atoms with Crippen molar-refractivity contribution in [2.45, 2.75) is 57.7 Å². The molecule has 0 saturated carbocycles. The van der Waals surface area contributed by atoms with Crippen LogP contribution in [-0.2, 0) is 0 Å². The second-order valence-electron chi connectivity index (χ2n) is 5.52. The summed E-state index contributed by atoms with van der Waals surface area (Å²) in [5, 5.41) is 29.8. The smallest absolute Gasteiger partial charge is 0.255 e. The van der Waals surface area contributed by atoms with E-state index in [1.807, 2.05) is 0 Å². The number of amides is 1. The predicted octanol–water partition coefficient (Wildman–Crippen LogP) is 2.55. The lowest BCUT2D eigenvalue weighted by Crippen LogP contribution is -2.24. The molecular formula is C17H27NO4. The van der Waals surface area contributed by atoms with E-state index >= 15 is 0 Å². The van der Waals surface area contributed by atoms with Crippen LogP contribution in [0.3, 0.4) is 0 Å². The van der Waals surface area contributed by atoms with Crippen LogP contribution in [0.1, 0.15) is 61.7 Å². The Morgan fingerprint density at radius 1 is 0.955 bits per heavy atom. The lowest BCUT2D eigenvalue weighted by molar-refractivity contribution is -0.0466. The van der Waals surface area contributed by atoms with Crippen molar-refractivity contribution in [1.29, 1.82) is 0 Å². The molecule has 0 aliphatic rings. The molecule has 5 nitrogen and oxygen atoms in total. The van der Waals surface area contributed by atoms with E-state index in [1.165, 1.54) is 6.07 Å². The molecule has 0 aliphatic heterocycles. The molecule has 0 fully saturated rings. The van der Waals surface area contributed by atoms with E-state index in [0.717, 1.165) is 44.9 Å². The average Bonchev–Trinajstić information content (AvgIpc) is 2.49. The van der Waals surface area contributed by atoms with Crippen LogP contribution in [0.2, 0.25) is 0 Å². The number of benzene rings is 1. The Hall–Kier alpha value is -1.59. The number of aliphatic hydroxyl groups excluding tert-OH is 1. The van der Waals surface area contributed by atoms with Gasteiger partial charge in [-0.15, -0.1) is 0 Å². The van der Waals surface area contributed by atoms with Crippen LogP contribution >= 0.6 is 0 Å². The van der Waals surface area contributed by atoms with Crippen molar-refractivity contribution in [3.63, 3.8) is 0 Å². The fourth-order valence-electron chi connectivity index (χ4n) is 2.30. The fraction of sp³-hybridized carbons (Fsp3) is 0.588. The van der Waals surface area contributed by atoms with Crippen molar-refractivity contribution in [2.24, 2.45) is 0 Å². The molecular weight excluding hydrogens is 282 g/mol. The summed E-state index contributed by atoms with van der Waals surface area (Å²) in [6.45, 7) is 0.615. The Morgan fingerprint density at radius 3 is 2.18 bits per heavy atom. The number of carbonyl (C=O) groups is 1. The summed E-state index contributed by atoms with van der Waals surface area (Å²) >= 11 is 0.